The summed E-state index contributed by atoms with van der Waals surface area (Å²) in [5, 5.41) is 0. The first-order valence-corrected chi connectivity index (χ1v) is 22.8. The van der Waals surface area contributed by atoms with Gasteiger partial charge >= 0.3 is 0 Å². The van der Waals surface area contributed by atoms with Crippen LogP contribution in [-0.2, 0) is 20.0 Å². The van der Waals surface area contributed by atoms with Gasteiger partial charge in [-0.1, -0.05) is 79.1 Å². The highest BCUT2D eigenvalue weighted by Gasteiger charge is 2.32. The van der Waals surface area contributed by atoms with Gasteiger partial charge in [0, 0.05) is 35.3 Å². The van der Waals surface area contributed by atoms with Gasteiger partial charge in [-0.2, -0.15) is 0 Å². The Morgan fingerprint density at radius 1 is 0.444 bits per heavy atom. The van der Waals surface area contributed by atoms with Crippen LogP contribution in [0.5, 0.6) is 0 Å². The zero-order valence-corrected chi connectivity index (χ0v) is 36.3. The number of hydrogen-bond acceptors (Lipinski definition) is 8. The van der Waals surface area contributed by atoms with Crippen LogP contribution in [0.1, 0.15) is 149 Å². The summed E-state index contributed by atoms with van der Waals surface area (Å²) in [7, 11) is -7.86. The van der Waals surface area contributed by atoms with Gasteiger partial charge in [-0.25, -0.2) is 26.3 Å². The summed E-state index contributed by atoms with van der Waals surface area (Å²) in [6.07, 6.45) is 15.2. The molecule has 0 radical (unpaired) electrons. The number of nitrogens with zero attached hydrogens (tertiary/aromatic N) is 2. The number of ketones is 2. The van der Waals surface area contributed by atoms with Crippen LogP contribution in [0.25, 0.3) is 0 Å². The quantitative estimate of drug-likeness (QED) is 0.0704. The molecule has 0 amide bonds. The Bertz CT molecular complexity index is 1520. The fourth-order valence-corrected chi connectivity index (χ4v) is 8.84. The Hall–Kier alpha value is -1.90. The van der Waals surface area contributed by atoms with Crippen molar-refractivity contribution in [2.45, 2.75) is 127 Å². The third-order valence-corrected chi connectivity index (χ3v) is 12.7. The van der Waals surface area contributed by atoms with E-state index in [0.717, 1.165) is 90.6 Å². The third-order valence-electron chi connectivity index (χ3n) is 9.78. The molecule has 14 heteroatoms. The number of carbonyl (C=O) groups is 2. The van der Waals surface area contributed by atoms with Crippen LogP contribution in [0.2, 0.25) is 0 Å². The number of carbonyl (C=O) groups excluding carboxylic acids is 2. The molecule has 2 N–H and O–H groups in total. The summed E-state index contributed by atoms with van der Waals surface area (Å²) in [4.78, 5) is 31.8. The van der Waals surface area contributed by atoms with Gasteiger partial charge < -0.3 is 9.80 Å². The van der Waals surface area contributed by atoms with Gasteiger partial charge in [0.2, 0.25) is 20.0 Å². The molecule has 0 spiro atoms. The molecule has 0 bridgehead atoms. The third kappa shape index (κ3) is 15.6. The summed E-state index contributed by atoms with van der Waals surface area (Å²) < 4.78 is 58.3. The molecule has 54 heavy (non-hydrogen) atoms. The molecular formula is C40H66Cl2N4O6S2. The standard InChI is InChI=1S/C40H64N4O6S2.2ClH/c1-5-9-13-25-43(26-14-10-6-2)29-17-23-41-51(47,48)33-19-21-35-37(31-33)39(45)36-22-20-34(32-38(36)40(35)46)52(49,50)42-24-18-30-44(27-15-11-7-3)28-16-12-8-4;;/h19-22,31-32,41-42H,5-18,23-30H2,1-4H3;2*1H. The molecule has 10 nitrogen and oxygen atoms in total. The van der Waals surface area contributed by atoms with E-state index in [4.69, 9.17) is 0 Å². The summed E-state index contributed by atoms with van der Waals surface area (Å²) in [5.74, 6) is -1.03. The van der Waals surface area contributed by atoms with Gasteiger partial charge in [0.05, 0.1) is 9.79 Å². The zero-order chi connectivity index (χ0) is 38.0. The van der Waals surface area contributed by atoms with Crippen LogP contribution in [0, 0.1) is 0 Å². The second-order valence-electron chi connectivity index (χ2n) is 14.1. The average molecular weight is 834 g/mol. The van der Waals surface area contributed by atoms with Crippen molar-refractivity contribution >= 4 is 56.4 Å². The number of halogens is 2. The van der Waals surface area contributed by atoms with E-state index in [2.05, 4.69) is 46.9 Å². The van der Waals surface area contributed by atoms with E-state index in [-0.39, 0.29) is 69.9 Å². The molecule has 0 saturated heterocycles. The second-order valence-corrected chi connectivity index (χ2v) is 17.6. The molecule has 0 fully saturated rings. The summed E-state index contributed by atoms with van der Waals surface area (Å²) >= 11 is 0. The largest absolute Gasteiger partial charge is 0.303 e. The molecular weight excluding hydrogens is 768 g/mol. The van der Waals surface area contributed by atoms with Crippen LogP contribution in [0.3, 0.4) is 0 Å². The van der Waals surface area contributed by atoms with Crippen molar-refractivity contribution in [3.63, 3.8) is 0 Å². The first-order valence-electron chi connectivity index (χ1n) is 19.8. The van der Waals surface area contributed by atoms with Gasteiger partial charge in [-0.15, -0.1) is 24.8 Å². The lowest BCUT2D eigenvalue weighted by Gasteiger charge is -2.22. The minimum Gasteiger partial charge on any atom is -0.303 e. The Balaban J connectivity index is 0.00000729. The van der Waals surface area contributed by atoms with Gasteiger partial charge in [0.25, 0.3) is 0 Å². The van der Waals surface area contributed by atoms with Gasteiger partial charge in [-0.3, -0.25) is 9.59 Å². The molecule has 0 unspecified atom stereocenters. The maximum Gasteiger partial charge on any atom is 0.240 e. The number of benzene rings is 2. The molecule has 0 aromatic heterocycles. The van der Waals surface area contributed by atoms with E-state index in [9.17, 15) is 26.4 Å². The predicted octanol–water partition coefficient (Wildman–Crippen LogP) is 8.01. The lowest BCUT2D eigenvalue weighted by Crippen LogP contribution is -2.32. The van der Waals surface area contributed by atoms with Crippen molar-refractivity contribution < 1.29 is 26.4 Å². The normalized spacial score (nSPS) is 12.8. The van der Waals surface area contributed by atoms with Crippen LogP contribution in [0.4, 0.5) is 0 Å². The van der Waals surface area contributed by atoms with Crippen LogP contribution in [-0.4, -0.2) is 90.6 Å². The predicted molar refractivity (Wildman–Crippen MR) is 225 cm³/mol. The Kier molecular flexibility index (Phi) is 24.2. The minimum atomic E-state index is -3.93. The summed E-state index contributed by atoms with van der Waals surface area (Å²) in [6.45, 7) is 14.9. The number of rotatable bonds is 28. The number of unbranched alkanes of at least 4 members (excludes halogenated alkanes) is 8. The van der Waals surface area contributed by atoms with E-state index in [1.165, 1.54) is 62.1 Å². The highest BCUT2D eigenvalue weighted by atomic mass is 35.5. The highest BCUT2D eigenvalue weighted by molar-refractivity contribution is 7.89. The molecule has 2 aromatic rings. The lowest BCUT2D eigenvalue weighted by molar-refractivity contribution is 0.0978. The maximum atomic E-state index is 13.6. The fraction of sp³-hybridized carbons (Fsp3) is 0.650. The molecule has 1 aliphatic carbocycles. The van der Waals surface area contributed by atoms with Gasteiger partial charge in [0.1, 0.15) is 0 Å². The zero-order valence-electron chi connectivity index (χ0n) is 33.0. The highest BCUT2D eigenvalue weighted by Crippen LogP contribution is 2.30. The van der Waals surface area contributed by atoms with Crippen molar-refractivity contribution in [1.82, 2.24) is 19.2 Å². The molecule has 1 aliphatic rings. The van der Waals surface area contributed by atoms with Crippen molar-refractivity contribution in [3.8, 4) is 0 Å². The van der Waals surface area contributed by atoms with E-state index in [0.29, 0.717) is 12.8 Å². The van der Waals surface area contributed by atoms with Gasteiger partial charge in [0.15, 0.2) is 11.6 Å². The summed E-state index contributed by atoms with van der Waals surface area (Å²) in [6, 6.07) is 7.86. The topological polar surface area (TPSA) is 133 Å². The first-order chi connectivity index (χ1) is 25.0. The van der Waals surface area contributed by atoms with Crippen molar-refractivity contribution in [2.75, 3.05) is 52.4 Å². The van der Waals surface area contributed by atoms with Crippen LogP contribution in [0.15, 0.2) is 46.2 Å². The number of nitrogens with one attached hydrogen (secondary N) is 2. The Morgan fingerprint density at radius 2 is 0.741 bits per heavy atom. The molecule has 0 aliphatic heterocycles. The lowest BCUT2D eigenvalue weighted by atomic mass is 9.84. The molecule has 0 atom stereocenters. The number of fused-ring (bicyclic) bond motifs is 2. The van der Waals surface area contributed by atoms with Crippen LogP contribution >= 0.6 is 24.8 Å². The van der Waals surface area contributed by atoms with Crippen molar-refractivity contribution in [2.24, 2.45) is 0 Å². The summed E-state index contributed by atoms with van der Waals surface area (Å²) in [5.41, 5.74) is 0.101. The van der Waals surface area contributed by atoms with Crippen molar-refractivity contribution in [3.05, 3.63) is 58.7 Å². The molecule has 2 aromatic carbocycles. The fourth-order valence-electron chi connectivity index (χ4n) is 6.64. The van der Waals surface area contributed by atoms with E-state index >= 15 is 0 Å². The van der Waals surface area contributed by atoms with E-state index < -0.39 is 31.6 Å². The van der Waals surface area contributed by atoms with Crippen molar-refractivity contribution in [1.29, 1.82) is 0 Å². The average Bonchev–Trinajstić information content (AvgIpc) is 3.13. The Morgan fingerprint density at radius 3 is 1.04 bits per heavy atom. The molecule has 308 valence electrons. The molecule has 3 rings (SSSR count). The Labute approximate surface area is 338 Å². The monoisotopic (exact) mass is 832 g/mol. The second kappa shape index (κ2) is 26.1. The smallest absolute Gasteiger partial charge is 0.240 e. The molecule has 0 saturated carbocycles. The minimum absolute atomic E-state index is 0. The number of hydrogen-bond donors (Lipinski definition) is 2. The van der Waals surface area contributed by atoms with E-state index in [1.807, 2.05) is 0 Å². The van der Waals surface area contributed by atoms with E-state index in [1.54, 1.807) is 0 Å². The molecule has 0 heterocycles. The maximum absolute atomic E-state index is 13.6. The van der Waals surface area contributed by atoms with Gasteiger partial charge in [-0.05, 0) is 114 Å². The van der Waals surface area contributed by atoms with Crippen LogP contribution < -0.4 is 9.44 Å². The number of sulfonamides is 2. The first kappa shape index (κ1) is 50.1. The SMILES string of the molecule is CCCCCN(CCCCC)CCCNS(=O)(=O)c1ccc2c(c1)C(=O)c1ccc(S(=O)(=O)NCCCN(CCCCC)CCCCC)cc1C2=O.Cl.Cl.